The predicted octanol–water partition coefficient (Wildman–Crippen LogP) is 2.44. The van der Waals surface area contributed by atoms with Gasteiger partial charge in [0.2, 0.25) is 5.88 Å². The number of aromatic nitrogens is 3. The average Bonchev–Trinajstić information content (AvgIpc) is 2.78. The van der Waals surface area contributed by atoms with E-state index in [0.29, 0.717) is 18.2 Å². The molecule has 2 heterocycles. The maximum absolute atomic E-state index is 12.5. The number of carbonyl (C=O) groups excluding carboxylic acids is 1. The summed E-state index contributed by atoms with van der Waals surface area (Å²) < 4.78 is 12.4. The first-order valence-corrected chi connectivity index (χ1v) is 9.78. The van der Waals surface area contributed by atoms with Crippen molar-refractivity contribution in [3.63, 3.8) is 0 Å². The first-order chi connectivity index (χ1) is 14.7. The number of rotatable bonds is 10. The van der Waals surface area contributed by atoms with E-state index >= 15 is 0 Å². The van der Waals surface area contributed by atoms with Crippen LogP contribution in [0.1, 0.15) is 29.4 Å². The minimum absolute atomic E-state index is 0.147. The van der Waals surface area contributed by atoms with Crippen molar-refractivity contribution in [2.75, 3.05) is 13.2 Å². The van der Waals surface area contributed by atoms with Crippen LogP contribution in [-0.2, 0) is 13.1 Å². The lowest BCUT2D eigenvalue weighted by Crippen LogP contribution is -2.30. The summed E-state index contributed by atoms with van der Waals surface area (Å²) in [6.07, 6.45) is 2.51. The third-order valence-electron chi connectivity index (χ3n) is 4.15. The summed E-state index contributed by atoms with van der Waals surface area (Å²) in [5, 5.41) is 6.95. The van der Waals surface area contributed by atoms with E-state index in [1.54, 1.807) is 12.3 Å². The largest absolute Gasteiger partial charge is 0.492 e. The van der Waals surface area contributed by atoms with Gasteiger partial charge in [0.15, 0.2) is 0 Å². The molecule has 2 aromatic heterocycles. The SMILES string of the molecule is CCCOc1ncccc1CNC(=O)c1ccc(=O)n(CCOc2ccccc2)n1. The zero-order valence-electron chi connectivity index (χ0n) is 16.8. The van der Waals surface area contributed by atoms with Gasteiger partial charge in [-0.2, -0.15) is 5.10 Å². The Kier molecular flexibility index (Phi) is 7.54. The molecule has 30 heavy (non-hydrogen) atoms. The molecule has 0 saturated carbocycles. The van der Waals surface area contributed by atoms with E-state index in [2.05, 4.69) is 15.4 Å². The van der Waals surface area contributed by atoms with E-state index in [1.165, 1.54) is 16.8 Å². The van der Waals surface area contributed by atoms with Crippen LogP contribution in [0, 0.1) is 0 Å². The summed E-state index contributed by atoms with van der Waals surface area (Å²) >= 11 is 0. The van der Waals surface area contributed by atoms with E-state index in [1.807, 2.05) is 43.3 Å². The molecule has 8 heteroatoms. The highest BCUT2D eigenvalue weighted by atomic mass is 16.5. The fourth-order valence-electron chi connectivity index (χ4n) is 2.65. The molecular formula is C22H24N4O4. The summed E-state index contributed by atoms with van der Waals surface area (Å²) in [6, 6.07) is 15.6. The molecule has 0 fully saturated rings. The summed E-state index contributed by atoms with van der Waals surface area (Å²) in [5.41, 5.74) is 0.615. The maximum Gasteiger partial charge on any atom is 0.271 e. The number of carbonyl (C=O) groups is 1. The number of pyridine rings is 1. The van der Waals surface area contributed by atoms with Crippen molar-refractivity contribution in [2.45, 2.75) is 26.4 Å². The number of nitrogens with zero attached hydrogens (tertiary/aromatic N) is 3. The third kappa shape index (κ3) is 5.91. The van der Waals surface area contributed by atoms with Gasteiger partial charge in [-0.3, -0.25) is 9.59 Å². The minimum atomic E-state index is -0.391. The Hall–Kier alpha value is -3.68. The van der Waals surface area contributed by atoms with Crippen LogP contribution in [0.2, 0.25) is 0 Å². The summed E-state index contributed by atoms with van der Waals surface area (Å²) in [6.45, 7) is 3.29. The lowest BCUT2D eigenvalue weighted by Gasteiger charge is -2.11. The number of benzene rings is 1. The molecule has 0 aliphatic rings. The Morgan fingerprint density at radius 2 is 1.87 bits per heavy atom. The zero-order chi connectivity index (χ0) is 21.2. The summed E-state index contributed by atoms with van der Waals surface area (Å²) in [4.78, 5) is 28.8. The average molecular weight is 408 g/mol. The van der Waals surface area contributed by atoms with Crippen molar-refractivity contribution in [1.29, 1.82) is 0 Å². The van der Waals surface area contributed by atoms with E-state index in [-0.39, 0.29) is 30.9 Å². The van der Waals surface area contributed by atoms with Gasteiger partial charge >= 0.3 is 0 Å². The normalized spacial score (nSPS) is 10.4. The Bertz CT molecular complexity index is 1020. The van der Waals surface area contributed by atoms with E-state index in [0.717, 1.165) is 12.0 Å². The maximum atomic E-state index is 12.5. The van der Waals surface area contributed by atoms with Crippen LogP contribution >= 0.6 is 0 Å². The van der Waals surface area contributed by atoms with Gasteiger partial charge in [0, 0.05) is 24.4 Å². The molecule has 0 spiro atoms. The number of amides is 1. The Labute approximate surface area is 174 Å². The van der Waals surface area contributed by atoms with Gasteiger partial charge in [-0.25, -0.2) is 9.67 Å². The van der Waals surface area contributed by atoms with Gasteiger partial charge in [-0.15, -0.1) is 0 Å². The number of para-hydroxylation sites is 1. The number of hydrogen-bond acceptors (Lipinski definition) is 6. The van der Waals surface area contributed by atoms with Crippen LogP contribution in [0.25, 0.3) is 0 Å². The molecule has 3 aromatic rings. The molecular weight excluding hydrogens is 384 g/mol. The molecule has 8 nitrogen and oxygen atoms in total. The van der Waals surface area contributed by atoms with Crippen LogP contribution in [-0.4, -0.2) is 33.9 Å². The van der Waals surface area contributed by atoms with Crippen molar-refractivity contribution in [3.05, 3.63) is 82.4 Å². The highest BCUT2D eigenvalue weighted by molar-refractivity contribution is 5.91. The van der Waals surface area contributed by atoms with Gasteiger partial charge in [-0.05, 0) is 30.7 Å². The number of ether oxygens (including phenoxy) is 2. The van der Waals surface area contributed by atoms with Crippen molar-refractivity contribution in [2.24, 2.45) is 0 Å². The second-order valence-electron chi connectivity index (χ2n) is 6.44. The van der Waals surface area contributed by atoms with E-state index in [4.69, 9.17) is 9.47 Å². The van der Waals surface area contributed by atoms with Gasteiger partial charge in [0.05, 0.1) is 13.2 Å². The van der Waals surface area contributed by atoms with Crippen molar-refractivity contribution >= 4 is 5.91 Å². The van der Waals surface area contributed by atoms with Gasteiger partial charge in [0.1, 0.15) is 18.1 Å². The molecule has 0 aliphatic carbocycles. The fraction of sp³-hybridized carbons (Fsp3) is 0.273. The minimum Gasteiger partial charge on any atom is -0.492 e. The van der Waals surface area contributed by atoms with Crippen LogP contribution in [0.4, 0.5) is 0 Å². The van der Waals surface area contributed by atoms with Crippen LogP contribution in [0.5, 0.6) is 11.6 Å². The second-order valence-corrected chi connectivity index (χ2v) is 6.44. The quantitative estimate of drug-likeness (QED) is 0.554. The van der Waals surface area contributed by atoms with Crippen molar-refractivity contribution in [3.8, 4) is 11.6 Å². The number of hydrogen-bond donors (Lipinski definition) is 1. The molecule has 3 rings (SSSR count). The molecule has 0 radical (unpaired) electrons. The molecule has 1 aromatic carbocycles. The molecule has 156 valence electrons. The first kappa shape index (κ1) is 21.0. The second kappa shape index (κ2) is 10.8. The Morgan fingerprint density at radius 1 is 1.03 bits per heavy atom. The van der Waals surface area contributed by atoms with Crippen molar-refractivity contribution < 1.29 is 14.3 Å². The van der Waals surface area contributed by atoms with Crippen molar-refractivity contribution in [1.82, 2.24) is 20.1 Å². The molecule has 1 N–H and O–H groups in total. The first-order valence-electron chi connectivity index (χ1n) is 9.78. The Morgan fingerprint density at radius 3 is 2.67 bits per heavy atom. The topological polar surface area (TPSA) is 95.3 Å². The fourth-order valence-corrected chi connectivity index (χ4v) is 2.65. The molecule has 0 bridgehead atoms. The molecule has 0 unspecified atom stereocenters. The lowest BCUT2D eigenvalue weighted by atomic mass is 10.2. The van der Waals surface area contributed by atoms with Crippen LogP contribution < -0.4 is 20.3 Å². The van der Waals surface area contributed by atoms with Gasteiger partial charge in [-0.1, -0.05) is 31.2 Å². The van der Waals surface area contributed by atoms with Gasteiger partial charge in [0.25, 0.3) is 11.5 Å². The Balaban J connectivity index is 1.60. The number of nitrogens with one attached hydrogen (secondary N) is 1. The highest BCUT2D eigenvalue weighted by Crippen LogP contribution is 2.14. The summed E-state index contributed by atoms with van der Waals surface area (Å²) in [7, 11) is 0. The standard InChI is InChI=1S/C22H24N4O4/c1-2-14-30-22-17(7-6-12-23-22)16-24-21(28)19-10-11-20(27)26(25-19)13-15-29-18-8-4-3-5-9-18/h3-12H,2,13-16H2,1H3,(H,24,28). The lowest BCUT2D eigenvalue weighted by molar-refractivity contribution is 0.0942. The van der Waals surface area contributed by atoms with E-state index in [9.17, 15) is 9.59 Å². The molecule has 1 amide bonds. The smallest absolute Gasteiger partial charge is 0.271 e. The van der Waals surface area contributed by atoms with Gasteiger partial charge < -0.3 is 14.8 Å². The molecule has 0 aliphatic heterocycles. The predicted molar refractivity (Wildman–Crippen MR) is 112 cm³/mol. The summed E-state index contributed by atoms with van der Waals surface area (Å²) in [5.74, 6) is 0.811. The van der Waals surface area contributed by atoms with E-state index < -0.39 is 5.91 Å². The zero-order valence-corrected chi connectivity index (χ0v) is 16.8. The highest BCUT2D eigenvalue weighted by Gasteiger charge is 2.12. The molecule has 0 atom stereocenters. The monoisotopic (exact) mass is 408 g/mol. The van der Waals surface area contributed by atoms with Crippen LogP contribution in [0.3, 0.4) is 0 Å². The third-order valence-corrected chi connectivity index (χ3v) is 4.15. The molecule has 0 saturated heterocycles. The van der Waals surface area contributed by atoms with Crippen LogP contribution in [0.15, 0.2) is 65.6 Å².